The van der Waals surface area contributed by atoms with Crippen LogP contribution in [0.1, 0.15) is 11.1 Å². The first-order valence-electron chi connectivity index (χ1n) is 5.66. The number of halogens is 1. The molecule has 4 heteroatoms. The van der Waals surface area contributed by atoms with E-state index in [9.17, 15) is 4.91 Å². The lowest BCUT2D eigenvalue weighted by molar-refractivity contribution is 1.21. The minimum absolute atomic E-state index is 0.747. The summed E-state index contributed by atoms with van der Waals surface area (Å²) in [7, 11) is 0. The van der Waals surface area contributed by atoms with Gasteiger partial charge in [0.25, 0.3) is 0 Å². The highest BCUT2D eigenvalue weighted by atomic mass is 35.5. The Hall–Kier alpha value is -1.87. The molecule has 0 unspecified atom stereocenters. The molecule has 3 rings (SSSR count). The molecular weight excluding hydrogens is 248 g/mol. The zero-order valence-electron chi connectivity index (χ0n) is 10.1. The maximum Gasteiger partial charge on any atom is 0.0950 e. The lowest BCUT2D eigenvalue weighted by Gasteiger charge is -2.10. The molecule has 1 aliphatic heterocycles. The smallest absolute Gasteiger partial charge is 0.0950 e. The van der Waals surface area contributed by atoms with Gasteiger partial charge in [-0.1, -0.05) is 17.7 Å². The fraction of sp³-hybridized carbons (Fsp3) is 0.143. The molecule has 1 heterocycles. The zero-order valence-corrected chi connectivity index (χ0v) is 10.8. The molecule has 0 fully saturated rings. The highest BCUT2D eigenvalue weighted by Gasteiger charge is 2.30. The van der Waals surface area contributed by atoms with Gasteiger partial charge in [0.05, 0.1) is 16.7 Å². The topological polar surface area (TPSA) is 32.4 Å². The molecule has 1 aliphatic rings. The molecule has 0 amide bonds. The Morgan fingerprint density at radius 3 is 2.33 bits per heavy atom. The Bertz CT molecular complexity index is 644. The monoisotopic (exact) mass is 258 g/mol. The first-order valence-corrected chi connectivity index (χ1v) is 6.04. The normalized spacial score (nSPS) is 12.3. The fourth-order valence-corrected chi connectivity index (χ4v) is 2.77. The van der Waals surface area contributed by atoms with Crippen molar-refractivity contribution in [2.75, 3.05) is 5.01 Å². The van der Waals surface area contributed by atoms with Gasteiger partial charge in [-0.25, -0.2) is 0 Å². The molecule has 0 aliphatic carbocycles. The summed E-state index contributed by atoms with van der Waals surface area (Å²) in [5.74, 6) is 0. The first kappa shape index (κ1) is 11.2. The molecular formula is C14H11ClN2O. The zero-order chi connectivity index (χ0) is 12.9. The molecule has 0 bridgehead atoms. The summed E-state index contributed by atoms with van der Waals surface area (Å²) in [4.78, 5) is 10.5. The van der Waals surface area contributed by atoms with E-state index in [4.69, 9.17) is 11.6 Å². The van der Waals surface area contributed by atoms with Crippen LogP contribution in [0.25, 0.3) is 11.1 Å². The van der Waals surface area contributed by atoms with Crippen LogP contribution in [0.2, 0.25) is 5.02 Å². The third-order valence-corrected chi connectivity index (χ3v) is 3.47. The van der Waals surface area contributed by atoms with Crippen LogP contribution in [0.15, 0.2) is 35.6 Å². The van der Waals surface area contributed by atoms with Crippen molar-refractivity contribution in [3.8, 4) is 11.1 Å². The average Bonchev–Trinajstić information content (AvgIpc) is 2.99. The molecule has 0 radical (unpaired) electrons. The lowest BCUT2D eigenvalue weighted by Crippen LogP contribution is -1.87. The summed E-state index contributed by atoms with van der Waals surface area (Å²) < 4.78 is 0. The third-order valence-electron chi connectivity index (χ3n) is 3.25. The van der Waals surface area contributed by atoms with Crippen molar-refractivity contribution < 1.29 is 0 Å². The van der Waals surface area contributed by atoms with Crippen LogP contribution in [0.3, 0.4) is 0 Å². The number of aryl methyl sites for hydroxylation is 2. The first-order chi connectivity index (χ1) is 8.61. The number of hydrogen-bond acceptors (Lipinski definition) is 2. The molecule has 90 valence electrons. The van der Waals surface area contributed by atoms with E-state index in [-0.39, 0.29) is 0 Å². The molecule has 0 saturated carbocycles. The van der Waals surface area contributed by atoms with Gasteiger partial charge in [0.2, 0.25) is 0 Å². The van der Waals surface area contributed by atoms with Crippen LogP contribution in [0.5, 0.6) is 0 Å². The van der Waals surface area contributed by atoms with Gasteiger partial charge < -0.3 is 0 Å². The van der Waals surface area contributed by atoms with Gasteiger partial charge in [0.1, 0.15) is 0 Å². The van der Waals surface area contributed by atoms with Gasteiger partial charge in [0.15, 0.2) is 0 Å². The fourth-order valence-electron chi connectivity index (χ4n) is 2.45. The van der Waals surface area contributed by atoms with E-state index < -0.39 is 0 Å². The number of fused-ring (bicyclic) bond motifs is 1. The van der Waals surface area contributed by atoms with E-state index in [0.29, 0.717) is 0 Å². The van der Waals surface area contributed by atoms with E-state index >= 15 is 0 Å². The average molecular weight is 259 g/mol. The number of anilines is 2. The van der Waals surface area contributed by atoms with Gasteiger partial charge in [-0.15, -0.1) is 4.91 Å². The van der Waals surface area contributed by atoms with Crippen LogP contribution in [-0.2, 0) is 0 Å². The highest BCUT2D eigenvalue weighted by molar-refractivity contribution is 6.30. The molecule has 3 nitrogen and oxygen atoms in total. The molecule has 18 heavy (non-hydrogen) atoms. The second kappa shape index (κ2) is 3.82. The molecule has 0 atom stereocenters. The van der Waals surface area contributed by atoms with Crippen molar-refractivity contribution in [1.82, 2.24) is 0 Å². The summed E-state index contributed by atoms with van der Waals surface area (Å²) >= 11 is 6.03. The Morgan fingerprint density at radius 2 is 1.72 bits per heavy atom. The SMILES string of the molecule is Cc1cc(Cl)cc(C)c1-c1ccc2c(c1)N2N=O. The number of nitroso groups, excluding NO2 is 1. The lowest BCUT2D eigenvalue weighted by atomic mass is 9.96. The van der Waals surface area contributed by atoms with Gasteiger partial charge in [-0.2, -0.15) is 5.01 Å². The maximum atomic E-state index is 10.5. The van der Waals surface area contributed by atoms with Crippen LogP contribution in [0, 0.1) is 18.8 Å². The molecule has 2 aromatic rings. The largest absolute Gasteiger partial charge is 0.193 e. The molecule has 2 aromatic carbocycles. The van der Waals surface area contributed by atoms with Crippen molar-refractivity contribution >= 4 is 23.0 Å². The number of nitrogens with zero attached hydrogens (tertiary/aromatic N) is 2. The number of hydrogen-bond donors (Lipinski definition) is 0. The molecule has 0 N–H and O–H groups in total. The van der Waals surface area contributed by atoms with Crippen LogP contribution < -0.4 is 5.01 Å². The van der Waals surface area contributed by atoms with E-state index in [1.807, 2.05) is 44.2 Å². The van der Waals surface area contributed by atoms with E-state index in [1.165, 1.54) is 10.6 Å². The summed E-state index contributed by atoms with van der Waals surface area (Å²) in [6.45, 7) is 4.07. The Balaban J connectivity index is 2.12. The Labute approximate surface area is 110 Å². The van der Waals surface area contributed by atoms with Crippen molar-refractivity contribution in [1.29, 1.82) is 0 Å². The number of rotatable bonds is 2. The second-order valence-electron chi connectivity index (χ2n) is 4.51. The Morgan fingerprint density at radius 1 is 1.06 bits per heavy atom. The third kappa shape index (κ3) is 1.59. The van der Waals surface area contributed by atoms with E-state index in [1.54, 1.807) is 0 Å². The summed E-state index contributed by atoms with van der Waals surface area (Å²) in [6, 6.07) is 9.81. The minimum atomic E-state index is 0.747. The maximum absolute atomic E-state index is 10.5. The molecule has 0 saturated heterocycles. The van der Waals surface area contributed by atoms with Gasteiger partial charge in [-0.3, -0.25) is 0 Å². The van der Waals surface area contributed by atoms with Crippen molar-refractivity contribution in [2.45, 2.75) is 13.8 Å². The van der Waals surface area contributed by atoms with Crippen LogP contribution in [-0.4, -0.2) is 0 Å². The summed E-state index contributed by atoms with van der Waals surface area (Å²) in [6.07, 6.45) is 0. The van der Waals surface area contributed by atoms with Gasteiger partial charge in [0, 0.05) is 5.02 Å². The van der Waals surface area contributed by atoms with E-state index in [2.05, 4.69) is 5.29 Å². The predicted octanol–water partition coefficient (Wildman–Crippen LogP) is 4.76. The highest BCUT2D eigenvalue weighted by Crippen LogP contribution is 2.50. The number of benzene rings is 2. The standard InChI is InChI=1S/C14H11ClN2O/c1-8-5-11(15)6-9(2)14(8)10-3-4-12-13(7-10)17(12)16-18/h3-7H,1-2H3. The summed E-state index contributed by atoms with van der Waals surface area (Å²) in [5, 5.41) is 5.06. The quantitative estimate of drug-likeness (QED) is 0.575. The molecule has 0 aromatic heterocycles. The second-order valence-corrected chi connectivity index (χ2v) is 4.95. The minimum Gasteiger partial charge on any atom is -0.193 e. The van der Waals surface area contributed by atoms with Crippen LogP contribution in [0.4, 0.5) is 11.4 Å². The van der Waals surface area contributed by atoms with Crippen molar-refractivity contribution in [3.63, 3.8) is 0 Å². The van der Waals surface area contributed by atoms with Gasteiger partial charge >= 0.3 is 0 Å². The Kier molecular flexibility index (Phi) is 2.38. The molecule has 0 spiro atoms. The van der Waals surface area contributed by atoms with E-state index in [0.717, 1.165) is 33.1 Å². The summed E-state index contributed by atoms with van der Waals surface area (Å²) in [5.41, 5.74) is 6.29. The van der Waals surface area contributed by atoms with Gasteiger partial charge in [-0.05, 0) is 60.4 Å². The van der Waals surface area contributed by atoms with Crippen molar-refractivity contribution in [2.24, 2.45) is 5.29 Å². The predicted molar refractivity (Wildman–Crippen MR) is 74.3 cm³/mol. The van der Waals surface area contributed by atoms with Crippen molar-refractivity contribution in [3.05, 3.63) is 51.4 Å². The van der Waals surface area contributed by atoms with Crippen LogP contribution >= 0.6 is 11.6 Å².